The van der Waals surface area contributed by atoms with Crippen molar-refractivity contribution in [3.8, 4) is 5.75 Å². The maximum atomic E-state index is 9.43. The molecule has 5 heteroatoms. The van der Waals surface area contributed by atoms with Crippen LogP contribution in [0.15, 0.2) is 24.3 Å². The lowest BCUT2D eigenvalue weighted by molar-refractivity contribution is 0.254. The Balaban J connectivity index is 1.53. The summed E-state index contributed by atoms with van der Waals surface area (Å²) >= 11 is 0. The van der Waals surface area contributed by atoms with E-state index in [4.69, 9.17) is 14.2 Å². The van der Waals surface area contributed by atoms with Crippen LogP contribution in [0.3, 0.4) is 0 Å². The monoisotopic (exact) mass is 291 g/mol. The van der Waals surface area contributed by atoms with Crippen molar-refractivity contribution in [3.05, 3.63) is 24.3 Å². The molecule has 1 aromatic carbocycles. The van der Waals surface area contributed by atoms with Crippen molar-refractivity contribution in [2.45, 2.75) is 43.1 Å². The molecule has 0 radical (unpaired) electrons. The number of rotatable bonds is 8. The summed E-state index contributed by atoms with van der Waals surface area (Å²) in [6.07, 6.45) is 4.00. The Labute approximate surface area is 124 Å². The first-order valence-corrected chi connectivity index (χ1v) is 7.63. The molecule has 0 amide bonds. The molecule has 3 saturated heterocycles. The second-order valence-electron chi connectivity index (χ2n) is 6.43. The Kier molecular flexibility index (Phi) is 3.28. The number of anilines is 1. The maximum Gasteiger partial charge on any atom is 0.115 e. The van der Waals surface area contributed by atoms with Gasteiger partial charge in [-0.3, -0.25) is 0 Å². The zero-order valence-corrected chi connectivity index (χ0v) is 12.0. The van der Waals surface area contributed by atoms with Crippen LogP contribution < -0.4 is 5.32 Å². The lowest BCUT2D eigenvalue weighted by Gasteiger charge is -2.35. The van der Waals surface area contributed by atoms with E-state index in [1.807, 2.05) is 12.1 Å². The lowest BCUT2D eigenvalue weighted by Crippen LogP contribution is -2.42. The van der Waals surface area contributed by atoms with Crippen LogP contribution in [0.25, 0.3) is 0 Å². The Morgan fingerprint density at radius 2 is 1.33 bits per heavy atom. The minimum atomic E-state index is -0.0551. The highest BCUT2D eigenvalue weighted by Gasteiger charge is 2.46. The van der Waals surface area contributed by atoms with Crippen molar-refractivity contribution in [1.82, 2.24) is 0 Å². The van der Waals surface area contributed by atoms with Gasteiger partial charge in [-0.15, -0.1) is 0 Å². The van der Waals surface area contributed by atoms with E-state index in [0.717, 1.165) is 44.8 Å². The third-order valence-electron chi connectivity index (χ3n) is 4.34. The second kappa shape index (κ2) is 5.16. The fourth-order valence-electron chi connectivity index (χ4n) is 3.12. The molecule has 0 bridgehead atoms. The molecule has 0 spiro atoms. The number of phenols is 1. The van der Waals surface area contributed by atoms with Crippen LogP contribution in [0.1, 0.15) is 19.3 Å². The van der Waals surface area contributed by atoms with Gasteiger partial charge in [0.05, 0.1) is 38.1 Å². The van der Waals surface area contributed by atoms with Gasteiger partial charge in [-0.2, -0.15) is 0 Å². The molecule has 21 heavy (non-hydrogen) atoms. The van der Waals surface area contributed by atoms with E-state index in [1.165, 1.54) is 0 Å². The van der Waals surface area contributed by atoms with Crippen molar-refractivity contribution >= 4 is 5.69 Å². The number of aromatic hydroxyl groups is 1. The predicted octanol–water partition coefficient (Wildman–Crippen LogP) is 1.91. The molecule has 3 unspecified atom stereocenters. The molecule has 4 rings (SSSR count). The molecule has 3 fully saturated rings. The van der Waals surface area contributed by atoms with E-state index in [0.29, 0.717) is 18.3 Å². The largest absolute Gasteiger partial charge is 0.508 e. The lowest BCUT2D eigenvalue weighted by atomic mass is 9.83. The van der Waals surface area contributed by atoms with E-state index >= 15 is 0 Å². The summed E-state index contributed by atoms with van der Waals surface area (Å²) in [4.78, 5) is 0. The standard InChI is InChI=1S/C16H21NO4/c18-12-3-1-11(2-4-12)17-16(5-13-8-19-13,6-14-9-20-14)7-15-10-21-15/h1-4,13-15,17-18H,5-10H2. The Morgan fingerprint density at radius 3 is 1.71 bits per heavy atom. The molecule has 1 aromatic rings. The third-order valence-corrected chi connectivity index (χ3v) is 4.34. The van der Waals surface area contributed by atoms with Gasteiger partial charge < -0.3 is 24.6 Å². The summed E-state index contributed by atoms with van der Waals surface area (Å²) in [6, 6.07) is 7.25. The highest BCUT2D eigenvalue weighted by molar-refractivity contribution is 5.48. The number of ether oxygens (including phenoxy) is 3. The molecule has 3 atom stereocenters. The predicted molar refractivity (Wildman–Crippen MR) is 77.5 cm³/mol. The van der Waals surface area contributed by atoms with Crippen LogP contribution in [0.2, 0.25) is 0 Å². The van der Waals surface area contributed by atoms with Gasteiger partial charge in [0.25, 0.3) is 0 Å². The average Bonchev–Trinajstić information content (AvgIpc) is 3.28. The van der Waals surface area contributed by atoms with E-state index in [-0.39, 0.29) is 11.3 Å². The van der Waals surface area contributed by atoms with E-state index in [1.54, 1.807) is 12.1 Å². The van der Waals surface area contributed by atoms with Crippen molar-refractivity contribution in [3.63, 3.8) is 0 Å². The number of hydrogen-bond acceptors (Lipinski definition) is 5. The summed E-state index contributed by atoms with van der Waals surface area (Å²) in [5, 5.41) is 13.1. The normalized spacial score (nSPS) is 32.3. The molecule has 3 heterocycles. The van der Waals surface area contributed by atoms with E-state index < -0.39 is 0 Å². The highest BCUT2D eigenvalue weighted by atomic mass is 16.6. The fourth-order valence-corrected chi connectivity index (χ4v) is 3.12. The molecule has 0 aliphatic carbocycles. The zero-order chi connectivity index (χ0) is 14.3. The van der Waals surface area contributed by atoms with Crippen LogP contribution in [-0.2, 0) is 14.2 Å². The second-order valence-corrected chi connectivity index (χ2v) is 6.43. The topological polar surface area (TPSA) is 69.8 Å². The van der Waals surface area contributed by atoms with Gasteiger partial charge in [0.2, 0.25) is 0 Å². The molecule has 3 aliphatic rings. The molecule has 2 N–H and O–H groups in total. The molecular formula is C16H21NO4. The number of benzene rings is 1. The van der Waals surface area contributed by atoms with Crippen LogP contribution in [-0.4, -0.2) is 48.8 Å². The smallest absolute Gasteiger partial charge is 0.115 e. The van der Waals surface area contributed by atoms with Gasteiger partial charge in [0.1, 0.15) is 5.75 Å². The van der Waals surface area contributed by atoms with Crippen LogP contribution in [0.4, 0.5) is 5.69 Å². The first-order valence-electron chi connectivity index (χ1n) is 7.63. The van der Waals surface area contributed by atoms with Crippen LogP contribution in [0.5, 0.6) is 5.75 Å². The quantitative estimate of drug-likeness (QED) is 0.565. The van der Waals surface area contributed by atoms with Gasteiger partial charge in [-0.25, -0.2) is 0 Å². The summed E-state index contributed by atoms with van der Waals surface area (Å²) in [6.45, 7) is 2.57. The number of phenolic OH excluding ortho intramolecular Hbond substituents is 1. The van der Waals surface area contributed by atoms with Gasteiger partial charge in [-0.1, -0.05) is 0 Å². The third kappa shape index (κ3) is 3.67. The zero-order valence-electron chi connectivity index (χ0n) is 12.0. The SMILES string of the molecule is Oc1ccc(NC(CC2CO2)(CC2CO2)CC2CO2)cc1. The van der Waals surface area contributed by atoms with Crippen molar-refractivity contribution in [2.24, 2.45) is 0 Å². The van der Waals surface area contributed by atoms with E-state index in [2.05, 4.69) is 5.32 Å². The first-order chi connectivity index (χ1) is 10.2. The molecule has 5 nitrogen and oxygen atoms in total. The number of hydrogen-bond donors (Lipinski definition) is 2. The minimum absolute atomic E-state index is 0.0551. The molecule has 0 aromatic heterocycles. The Bertz CT molecular complexity index is 455. The highest BCUT2D eigenvalue weighted by Crippen LogP contribution is 2.39. The maximum absolute atomic E-state index is 9.43. The molecule has 3 aliphatic heterocycles. The van der Waals surface area contributed by atoms with Gasteiger partial charge >= 0.3 is 0 Å². The molecule has 0 saturated carbocycles. The van der Waals surface area contributed by atoms with Crippen molar-refractivity contribution < 1.29 is 19.3 Å². The van der Waals surface area contributed by atoms with E-state index in [9.17, 15) is 5.11 Å². The van der Waals surface area contributed by atoms with Gasteiger partial charge in [0, 0.05) is 11.2 Å². The minimum Gasteiger partial charge on any atom is -0.508 e. The van der Waals surface area contributed by atoms with Crippen molar-refractivity contribution in [1.29, 1.82) is 0 Å². The van der Waals surface area contributed by atoms with Crippen LogP contribution >= 0.6 is 0 Å². The number of epoxide rings is 3. The Morgan fingerprint density at radius 1 is 0.905 bits per heavy atom. The Hall–Kier alpha value is -1.30. The summed E-state index contributed by atoms with van der Waals surface area (Å²) in [5.41, 5.74) is 0.968. The summed E-state index contributed by atoms with van der Waals surface area (Å²) < 4.78 is 16.4. The number of nitrogens with one attached hydrogen (secondary N) is 1. The molecule has 114 valence electrons. The summed E-state index contributed by atoms with van der Waals surface area (Å²) in [5.74, 6) is 0.285. The van der Waals surface area contributed by atoms with Gasteiger partial charge in [0.15, 0.2) is 0 Å². The van der Waals surface area contributed by atoms with Gasteiger partial charge in [-0.05, 0) is 43.5 Å². The molecular weight excluding hydrogens is 270 g/mol. The van der Waals surface area contributed by atoms with Crippen LogP contribution in [0, 0.1) is 0 Å². The first kappa shape index (κ1) is 13.4. The fraction of sp³-hybridized carbons (Fsp3) is 0.625. The van der Waals surface area contributed by atoms with Crippen molar-refractivity contribution in [2.75, 3.05) is 25.1 Å². The average molecular weight is 291 g/mol. The summed E-state index contributed by atoms with van der Waals surface area (Å²) in [7, 11) is 0.